The van der Waals surface area contributed by atoms with Crippen molar-refractivity contribution in [2.75, 3.05) is 0 Å². The lowest BCUT2D eigenvalue weighted by molar-refractivity contribution is -0.275. The third kappa shape index (κ3) is 3.99. The van der Waals surface area contributed by atoms with E-state index < -0.39 is 46.5 Å². The normalized spacial score (nSPS) is 12.3. The summed E-state index contributed by atoms with van der Waals surface area (Å²) in [5, 5.41) is 8.21. The number of carboxylic acid groups (broad SMARTS) is 1. The average molecular weight is 368 g/mol. The summed E-state index contributed by atoms with van der Waals surface area (Å²) in [6, 6.07) is -0.0411. The summed E-state index contributed by atoms with van der Waals surface area (Å²) in [6.07, 6.45) is -10.4. The molecule has 0 aliphatic rings. The van der Waals surface area contributed by atoms with Gasteiger partial charge in [0.25, 0.3) is 0 Å². The topological polar surface area (TPSA) is 59.4 Å². The van der Waals surface area contributed by atoms with E-state index in [0.717, 1.165) is 0 Å². The lowest BCUT2D eigenvalue weighted by Gasteiger charge is -2.16. The van der Waals surface area contributed by atoms with Gasteiger partial charge in [0.2, 0.25) is 0 Å². The van der Waals surface area contributed by atoms with Gasteiger partial charge in [0.1, 0.15) is 0 Å². The Morgan fingerprint density at radius 2 is 1.85 bits per heavy atom. The standard InChI is InChI=1S/C9H4BrF6NO3/c10-2-4-5(20-9(14,15)16)1-3(8(11,12)13)6(17-4)7(18)19/h1H,2H2,(H,18,19). The molecule has 1 aromatic heterocycles. The van der Waals surface area contributed by atoms with Crippen molar-refractivity contribution in [3.8, 4) is 5.75 Å². The minimum absolute atomic E-state index is 0.0411. The number of hydrogen-bond acceptors (Lipinski definition) is 3. The molecule has 0 radical (unpaired) electrons. The van der Waals surface area contributed by atoms with Crippen LogP contribution in [0.2, 0.25) is 0 Å². The van der Waals surface area contributed by atoms with E-state index in [2.05, 4.69) is 25.7 Å². The smallest absolute Gasteiger partial charge is 0.476 e. The van der Waals surface area contributed by atoms with E-state index in [-0.39, 0.29) is 6.07 Å². The number of alkyl halides is 7. The van der Waals surface area contributed by atoms with Crippen molar-refractivity contribution < 1.29 is 41.0 Å². The van der Waals surface area contributed by atoms with Gasteiger partial charge in [0, 0.05) is 5.33 Å². The molecule has 0 saturated carbocycles. The summed E-state index contributed by atoms with van der Waals surface area (Å²) < 4.78 is 77.5. The molecule has 0 atom stereocenters. The summed E-state index contributed by atoms with van der Waals surface area (Å²) >= 11 is 2.69. The first-order valence-corrected chi connectivity index (χ1v) is 5.74. The molecular formula is C9H4BrF6NO3. The molecule has 20 heavy (non-hydrogen) atoms. The van der Waals surface area contributed by atoms with Crippen LogP contribution in [-0.4, -0.2) is 22.4 Å². The van der Waals surface area contributed by atoms with E-state index in [0.29, 0.717) is 0 Å². The van der Waals surface area contributed by atoms with Crippen LogP contribution >= 0.6 is 15.9 Å². The fourth-order valence-corrected chi connectivity index (χ4v) is 1.62. The minimum atomic E-state index is -5.23. The van der Waals surface area contributed by atoms with E-state index >= 15 is 0 Å². The summed E-state index contributed by atoms with van der Waals surface area (Å²) in [4.78, 5) is 13.7. The highest BCUT2D eigenvalue weighted by Gasteiger charge is 2.40. The van der Waals surface area contributed by atoms with Gasteiger partial charge in [-0.05, 0) is 6.07 Å². The number of halogens is 7. The Bertz CT molecular complexity index is 528. The number of nitrogens with zero attached hydrogens (tertiary/aromatic N) is 1. The van der Waals surface area contributed by atoms with Crippen molar-refractivity contribution in [3.63, 3.8) is 0 Å². The van der Waals surface area contributed by atoms with Gasteiger partial charge < -0.3 is 9.84 Å². The number of carboxylic acids is 1. The van der Waals surface area contributed by atoms with Gasteiger partial charge in [-0.1, -0.05) is 15.9 Å². The van der Waals surface area contributed by atoms with Gasteiger partial charge in [-0.25, -0.2) is 9.78 Å². The van der Waals surface area contributed by atoms with Crippen LogP contribution in [0.4, 0.5) is 26.3 Å². The van der Waals surface area contributed by atoms with Crippen LogP contribution in [0.5, 0.6) is 5.75 Å². The molecule has 1 heterocycles. The lowest BCUT2D eigenvalue weighted by Crippen LogP contribution is -2.21. The fraction of sp³-hybridized carbons (Fsp3) is 0.333. The molecule has 0 unspecified atom stereocenters. The largest absolute Gasteiger partial charge is 0.573 e. The van der Waals surface area contributed by atoms with Crippen LogP contribution in [0.3, 0.4) is 0 Å². The zero-order valence-corrected chi connectivity index (χ0v) is 10.7. The SMILES string of the molecule is O=C(O)c1nc(CBr)c(OC(F)(F)F)cc1C(F)(F)F. The van der Waals surface area contributed by atoms with Crippen molar-refractivity contribution in [1.29, 1.82) is 0 Å². The van der Waals surface area contributed by atoms with Gasteiger partial charge >= 0.3 is 18.5 Å². The molecule has 11 heteroatoms. The molecule has 0 saturated heterocycles. The molecule has 1 aromatic rings. The Balaban J connectivity index is 3.50. The van der Waals surface area contributed by atoms with E-state index in [1.165, 1.54) is 0 Å². The summed E-state index contributed by atoms with van der Waals surface area (Å²) in [5.41, 5.74) is -3.84. The minimum Gasteiger partial charge on any atom is -0.476 e. The monoisotopic (exact) mass is 367 g/mol. The van der Waals surface area contributed by atoms with Crippen LogP contribution in [0.15, 0.2) is 6.07 Å². The number of rotatable bonds is 3. The van der Waals surface area contributed by atoms with Gasteiger partial charge in [-0.2, -0.15) is 13.2 Å². The Kier molecular flexibility index (Phi) is 4.52. The summed E-state index contributed by atoms with van der Waals surface area (Å²) in [7, 11) is 0. The predicted molar refractivity (Wildman–Crippen MR) is 55.5 cm³/mol. The van der Waals surface area contributed by atoms with Crippen LogP contribution < -0.4 is 4.74 Å². The van der Waals surface area contributed by atoms with Crippen molar-refractivity contribution >= 4 is 21.9 Å². The third-order valence-electron chi connectivity index (χ3n) is 1.92. The first kappa shape index (κ1) is 16.5. The molecule has 0 fully saturated rings. The Morgan fingerprint density at radius 3 is 2.20 bits per heavy atom. The molecule has 1 rings (SSSR count). The zero-order chi connectivity index (χ0) is 15.7. The number of aromatic carboxylic acids is 1. The number of ether oxygens (including phenoxy) is 1. The maximum atomic E-state index is 12.6. The van der Waals surface area contributed by atoms with Crippen LogP contribution in [-0.2, 0) is 11.5 Å². The molecule has 0 bridgehead atoms. The van der Waals surface area contributed by atoms with Crippen molar-refractivity contribution in [3.05, 3.63) is 23.0 Å². The third-order valence-corrected chi connectivity index (χ3v) is 2.45. The van der Waals surface area contributed by atoms with Gasteiger partial charge in [0.05, 0.1) is 11.3 Å². The number of carbonyl (C=O) groups is 1. The molecule has 1 N–H and O–H groups in total. The van der Waals surface area contributed by atoms with Crippen LogP contribution in [0.1, 0.15) is 21.7 Å². The molecule has 0 amide bonds. The van der Waals surface area contributed by atoms with Crippen LogP contribution in [0, 0.1) is 0 Å². The molecular weight excluding hydrogens is 364 g/mol. The van der Waals surface area contributed by atoms with Crippen LogP contribution in [0.25, 0.3) is 0 Å². The number of aromatic nitrogens is 1. The first-order valence-electron chi connectivity index (χ1n) is 4.62. The lowest BCUT2D eigenvalue weighted by atomic mass is 10.1. The number of hydrogen-bond donors (Lipinski definition) is 1. The van der Waals surface area contributed by atoms with E-state index in [1.54, 1.807) is 0 Å². The second kappa shape index (κ2) is 5.46. The van der Waals surface area contributed by atoms with Gasteiger partial charge in [-0.15, -0.1) is 13.2 Å². The predicted octanol–water partition coefficient (Wildman–Crippen LogP) is 3.59. The molecule has 0 aliphatic carbocycles. The molecule has 0 aromatic carbocycles. The van der Waals surface area contributed by atoms with Crippen molar-refractivity contribution in [1.82, 2.24) is 4.98 Å². The average Bonchev–Trinajstić information content (AvgIpc) is 2.24. The van der Waals surface area contributed by atoms with Crippen molar-refractivity contribution in [2.45, 2.75) is 17.9 Å². The highest BCUT2D eigenvalue weighted by Crippen LogP contribution is 2.37. The zero-order valence-electron chi connectivity index (χ0n) is 9.14. The maximum absolute atomic E-state index is 12.6. The quantitative estimate of drug-likeness (QED) is 0.655. The number of pyridine rings is 1. The van der Waals surface area contributed by atoms with E-state index in [4.69, 9.17) is 5.11 Å². The second-order valence-corrected chi connectivity index (χ2v) is 3.87. The summed E-state index contributed by atoms with van der Waals surface area (Å²) in [5.74, 6) is -3.23. The maximum Gasteiger partial charge on any atom is 0.573 e. The second-order valence-electron chi connectivity index (χ2n) is 3.31. The van der Waals surface area contributed by atoms with Crippen molar-refractivity contribution in [2.24, 2.45) is 0 Å². The van der Waals surface area contributed by atoms with Gasteiger partial charge in [0.15, 0.2) is 11.4 Å². The molecule has 112 valence electrons. The van der Waals surface area contributed by atoms with Gasteiger partial charge in [-0.3, -0.25) is 0 Å². The highest BCUT2D eigenvalue weighted by atomic mass is 79.9. The summed E-state index contributed by atoms with van der Waals surface area (Å²) in [6.45, 7) is 0. The van der Waals surface area contributed by atoms with E-state index in [9.17, 15) is 31.1 Å². The first-order chi connectivity index (χ1) is 8.95. The Labute approximate surface area is 115 Å². The van der Waals surface area contributed by atoms with E-state index in [1.807, 2.05) is 0 Å². The Morgan fingerprint density at radius 1 is 1.30 bits per heavy atom. The Hall–Kier alpha value is -1.52. The molecule has 0 spiro atoms. The highest BCUT2D eigenvalue weighted by molar-refractivity contribution is 9.08. The molecule has 4 nitrogen and oxygen atoms in total. The molecule has 0 aliphatic heterocycles. The fourth-order valence-electron chi connectivity index (χ4n) is 1.22.